The molecule has 1 atom stereocenters. The third kappa shape index (κ3) is 4.60. The first-order chi connectivity index (χ1) is 10.6. The Balaban J connectivity index is 1.95. The molecule has 0 aliphatic rings. The van der Waals surface area contributed by atoms with Crippen LogP contribution in [0.25, 0.3) is 0 Å². The van der Waals surface area contributed by atoms with E-state index in [1.54, 1.807) is 12.1 Å². The molecule has 2 aromatic rings. The highest BCUT2D eigenvalue weighted by Crippen LogP contribution is 2.11. The Kier molecular flexibility index (Phi) is 5.55. The van der Waals surface area contributed by atoms with Crippen LogP contribution in [0.3, 0.4) is 0 Å². The average Bonchev–Trinajstić information content (AvgIpc) is 2.52. The van der Waals surface area contributed by atoms with Crippen LogP contribution >= 0.6 is 0 Å². The van der Waals surface area contributed by atoms with Gasteiger partial charge in [-0.05, 0) is 43.7 Å². The van der Waals surface area contributed by atoms with Gasteiger partial charge in [-0.15, -0.1) is 0 Å². The molecule has 2 rings (SSSR count). The number of ether oxygens (including phenoxy) is 1. The summed E-state index contributed by atoms with van der Waals surface area (Å²) in [6.45, 7) is 5.72. The number of aromatic carboxylic acids is 1. The van der Waals surface area contributed by atoms with Crippen LogP contribution in [-0.2, 0) is 6.54 Å². The van der Waals surface area contributed by atoms with E-state index < -0.39 is 5.97 Å². The first kappa shape index (κ1) is 16.0. The number of nitrogens with one attached hydrogen (secondary N) is 1. The Morgan fingerprint density at radius 2 is 1.73 bits per heavy atom. The van der Waals surface area contributed by atoms with E-state index in [2.05, 4.69) is 26.0 Å². The largest absolute Gasteiger partial charge is 0.545 e. The van der Waals surface area contributed by atoms with E-state index in [1.807, 2.05) is 18.2 Å². The van der Waals surface area contributed by atoms with Crippen LogP contribution in [0.2, 0.25) is 0 Å². The molecule has 0 amide bonds. The van der Waals surface area contributed by atoms with Crippen molar-refractivity contribution in [3.8, 4) is 5.75 Å². The number of quaternary nitrogens is 1. The summed E-state index contributed by atoms with van der Waals surface area (Å²) in [5.41, 5.74) is 1.42. The van der Waals surface area contributed by atoms with E-state index in [9.17, 15) is 9.90 Å². The monoisotopic (exact) mass is 299 g/mol. The van der Waals surface area contributed by atoms with Crippen molar-refractivity contribution in [2.75, 3.05) is 6.73 Å². The zero-order valence-electron chi connectivity index (χ0n) is 12.9. The van der Waals surface area contributed by atoms with Crippen molar-refractivity contribution in [2.24, 2.45) is 0 Å². The maximum absolute atomic E-state index is 10.7. The van der Waals surface area contributed by atoms with E-state index >= 15 is 0 Å². The fraction of sp³-hybridized carbons (Fsp3) is 0.278. The van der Waals surface area contributed by atoms with Crippen molar-refractivity contribution in [3.63, 3.8) is 0 Å². The van der Waals surface area contributed by atoms with Crippen LogP contribution in [0.1, 0.15) is 29.8 Å². The average molecular weight is 299 g/mol. The van der Waals surface area contributed by atoms with E-state index in [1.165, 1.54) is 22.6 Å². The molecule has 2 aromatic carbocycles. The topological polar surface area (TPSA) is 53.8 Å². The summed E-state index contributed by atoms with van der Waals surface area (Å²) < 4.78 is 5.79. The van der Waals surface area contributed by atoms with Gasteiger partial charge in [0.2, 0.25) is 6.73 Å². The first-order valence-electron chi connectivity index (χ1n) is 7.39. The molecular formula is C18H21NO3. The van der Waals surface area contributed by atoms with E-state index in [4.69, 9.17) is 4.74 Å². The zero-order valence-corrected chi connectivity index (χ0v) is 12.9. The molecule has 4 heteroatoms. The lowest BCUT2D eigenvalue weighted by Gasteiger charge is -2.23. The maximum atomic E-state index is 10.7. The first-order valence-corrected chi connectivity index (χ1v) is 7.39. The number of carbonyl (C=O) groups excluding carboxylic acids is 1. The van der Waals surface area contributed by atoms with Gasteiger partial charge >= 0.3 is 0 Å². The van der Waals surface area contributed by atoms with E-state index in [-0.39, 0.29) is 5.56 Å². The van der Waals surface area contributed by atoms with Gasteiger partial charge in [0, 0.05) is 5.56 Å². The number of hydrogen-bond acceptors (Lipinski definition) is 3. The van der Waals surface area contributed by atoms with Crippen LogP contribution in [0, 0.1) is 0 Å². The van der Waals surface area contributed by atoms with Crippen molar-refractivity contribution in [3.05, 3.63) is 65.7 Å². The predicted octanol–water partition coefficient (Wildman–Crippen LogP) is 0.880. The van der Waals surface area contributed by atoms with Crippen LogP contribution in [0.15, 0.2) is 54.6 Å². The summed E-state index contributed by atoms with van der Waals surface area (Å²) in [6, 6.07) is 17.0. The van der Waals surface area contributed by atoms with Gasteiger partial charge in [-0.1, -0.05) is 30.3 Å². The lowest BCUT2D eigenvalue weighted by molar-refractivity contribution is -0.949. The number of benzene rings is 2. The number of hydrogen-bond donors (Lipinski definition) is 1. The number of carboxylic acid groups (broad SMARTS) is 1. The Labute approximate surface area is 131 Å². The maximum Gasteiger partial charge on any atom is 0.222 e. The summed E-state index contributed by atoms with van der Waals surface area (Å²) in [5.74, 6) is -0.513. The molecule has 0 aliphatic carbocycles. The number of rotatable bonds is 7. The molecule has 0 heterocycles. The lowest BCUT2D eigenvalue weighted by atomic mass is 10.2. The highest BCUT2D eigenvalue weighted by Gasteiger charge is 2.14. The van der Waals surface area contributed by atoms with Gasteiger partial charge in [0.05, 0.1) is 12.0 Å². The quantitative estimate of drug-likeness (QED) is 0.772. The SMILES string of the molecule is CC(C)[NH+](COc1ccc(C(=O)[O-])cc1)Cc1ccccc1. The molecule has 116 valence electrons. The van der Waals surface area contributed by atoms with Gasteiger partial charge in [0.1, 0.15) is 12.3 Å². The fourth-order valence-electron chi connectivity index (χ4n) is 2.14. The minimum atomic E-state index is -1.18. The van der Waals surface area contributed by atoms with Crippen molar-refractivity contribution in [1.29, 1.82) is 0 Å². The molecule has 0 saturated heterocycles. The third-order valence-electron chi connectivity index (χ3n) is 3.60. The summed E-state index contributed by atoms with van der Waals surface area (Å²) in [6.07, 6.45) is 0. The molecule has 1 unspecified atom stereocenters. The molecular weight excluding hydrogens is 278 g/mol. The molecule has 4 nitrogen and oxygen atoms in total. The van der Waals surface area contributed by atoms with Crippen molar-refractivity contribution in [1.82, 2.24) is 0 Å². The molecule has 22 heavy (non-hydrogen) atoms. The fourth-order valence-corrected chi connectivity index (χ4v) is 2.14. The van der Waals surface area contributed by atoms with Gasteiger partial charge in [-0.3, -0.25) is 4.90 Å². The van der Waals surface area contributed by atoms with Gasteiger partial charge < -0.3 is 14.6 Å². The van der Waals surface area contributed by atoms with Crippen LogP contribution in [0.4, 0.5) is 0 Å². The predicted molar refractivity (Wildman–Crippen MR) is 82.5 cm³/mol. The molecule has 0 aromatic heterocycles. The third-order valence-corrected chi connectivity index (χ3v) is 3.60. The molecule has 0 spiro atoms. The molecule has 1 N–H and O–H groups in total. The summed E-state index contributed by atoms with van der Waals surface area (Å²) in [7, 11) is 0. The van der Waals surface area contributed by atoms with Crippen molar-refractivity contribution >= 4 is 5.97 Å². The molecule has 0 fully saturated rings. The summed E-state index contributed by atoms with van der Waals surface area (Å²) >= 11 is 0. The normalized spacial score (nSPS) is 12.1. The Morgan fingerprint density at radius 3 is 2.27 bits per heavy atom. The molecule has 0 bridgehead atoms. The zero-order chi connectivity index (χ0) is 15.9. The van der Waals surface area contributed by atoms with Crippen molar-refractivity contribution in [2.45, 2.75) is 26.4 Å². The standard InChI is InChI=1S/C18H21NO3/c1-14(2)19(12-15-6-4-3-5-7-15)13-22-17-10-8-16(9-11-17)18(20)21/h3-11,14H,12-13H2,1-2H3,(H,20,21). The minimum Gasteiger partial charge on any atom is -0.545 e. The van der Waals surface area contributed by atoms with Crippen molar-refractivity contribution < 1.29 is 19.5 Å². The molecule has 0 saturated carbocycles. The number of carboxylic acids is 1. The summed E-state index contributed by atoms with van der Waals surface area (Å²) in [5, 5.41) is 10.7. The minimum absolute atomic E-state index is 0.157. The molecule has 0 radical (unpaired) electrons. The second kappa shape index (κ2) is 7.61. The van der Waals surface area contributed by atoms with Crippen LogP contribution in [0.5, 0.6) is 5.75 Å². The highest BCUT2D eigenvalue weighted by molar-refractivity contribution is 5.85. The highest BCUT2D eigenvalue weighted by atomic mass is 16.5. The Hall–Kier alpha value is -2.33. The van der Waals surface area contributed by atoms with E-state index in [0.717, 1.165) is 6.54 Å². The van der Waals surface area contributed by atoms with Gasteiger partial charge in [0.15, 0.2) is 0 Å². The van der Waals surface area contributed by atoms with Crippen LogP contribution in [-0.4, -0.2) is 18.7 Å². The second-order valence-electron chi connectivity index (χ2n) is 5.58. The summed E-state index contributed by atoms with van der Waals surface area (Å²) in [4.78, 5) is 12.0. The number of carbonyl (C=O) groups is 1. The van der Waals surface area contributed by atoms with Gasteiger partial charge in [0.25, 0.3) is 0 Å². The Bertz CT molecular complexity index is 593. The van der Waals surface area contributed by atoms with Crippen LogP contribution < -0.4 is 14.7 Å². The smallest absolute Gasteiger partial charge is 0.222 e. The van der Waals surface area contributed by atoms with E-state index in [0.29, 0.717) is 18.5 Å². The molecule has 0 aliphatic heterocycles. The van der Waals surface area contributed by atoms with Gasteiger partial charge in [-0.25, -0.2) is 0 Å². The lowest BCUT2D eigenvalue weighted by Crippen LogP contribution is -3.14. The second-order valence-corrected chi connectivity index (χ2v) is 5.58. The Morgan fingerprint density at radius 1 is 1.09 bits per heavy atom. The van der Waals surface area contributed by atoms with Gasteiger partial charge in [-0.2, -0.15) is 0 Å².